The summed E-state index contributed by atoms with van der Waals surface area (Å²) >= 11 is 5.76. The Kier molecular flexibility index (Phi) is 4.48. The zero-order valence-corrected chi connectivity index (χ0v) is 13.2. The number of ether oxygens (including phenoxy) is 2. The van der Waals surface area contributed by atoms with Crippen LogP contribution in [0.3, 0.4) is 0 Å². The molecule has 2 aromatic rings. The molecule has 24 heavy (non-hydrogen) atoms. The molecule has 0 unspecified atom stereocenters. The number of hydrogen-bond donors (Lipinski definition) is 0. The van der Waals surface area contributed by atoms with Crippen molar-refractivity contribution in [2.45, 2.75) is 0 Å². The first-order valence-corrected chi connectivity index (χ1v) is 7.48. The van der Waals surface area contributed by atoms with Crippen molar-refractivity contribution in [3.63, 3.8) is 0 Å². The maximum absolute atomic E-state index is 12.2. The molecule has 0 saturated heterocycles. The van der Waals surface area contributed by atoms with Gasteiger partial charge in [0, 0.05) is 11.6 Å². The minimum Gasteiger partial charge on any atom is -0.486 e. The van der Waals surface area contributed by atoms with Crippen molar-refractivity contribution < 1.29 is 19.2 Å². The summed E-state index contributed by atoms with van der Waals surface area (Å²) in [6.07, 6.45) is 2.85. The van der Waals surface area contributed by atoms with Crippen LogP contribution in [0.5, 0.6) is 11.5 Å². The van der Waals surface area contributed by atoms with Crippen LogP contribution in [0.15, 0.2) is 42.5 Å². The molecule has 0 fully saturated rings. The highest BCUT2D eigenvalue weighted by atomic mass is 35.5. The summed E-state index contributed by atoms with van der Waals surface area (Å²) in [5, 5.41) is 10.9. The first-order valence-electron chi connectivity index (χ1n) is 7.10. The van der Waals surface area contributed by atoms with Crippen molar-refractivity contribution in [2.24, 2.45) is 0 Å². The van der Waals surface area contributed by atoms with Gasteiger partial charge in [-0.1, -0.05) is 23.7 Å². The van der Waals surface area contributed by atoms with Crippen molar-refractivity contribution in [2.75, 3.05) is 13.2 Å². The third-order valence-corrected chi connectivity index (χ3v) is 3.74. The van der Waals surface area contributed by atoms with Gasteiger partial charge < -0.3 is 9.47 Å². The second-order valence-corrected chi connectivity index (χ2v) is 5.43. The fraction of sp³-hybridized carbons (Fsp3) is 0.118. The molecule has 0 spiro atoms. The highest BCUT2D eigenvalue weighted by molar-refractivity contribution is 6.32. The molecule has 1 heterocycles. The molecule has 1 aliphatic heterocycles. The van der Waals surface area contributed by atoms with E-state index in [4.69, 9.17) is 21.1 Å². The van der Waals surface area contributed by atoms with Gasteiger partial charge in [-0.05, 0) is 35.9 Å². The van der Waals surface area contributed by atoms with E-state index in [0.717, 1.165) is 0 Å². The Hall–Kier alpha value is -2.86. The van der Waals surface area contributed by atoms with Crippen molar-refractivity contribution in [3.05, 3.63) is 68.7 Å². The van der Waals surface area contributed by atoms with Crippen LogP contribution in [0.25, 0.3) is 6.08 Å². The summed E-state index contributed by atoms with van der Waals surface area (Å²) in [6.45, 7) is 0.921. The summed E-state index contributed by atoms with van der Waals surface area (Å²) in [5.74, 6) is 0.891. The number of allylic oxidation sites excluding steroid dienone is 1. The molecule has 0 bridgehead atoms. The van der Waals surface area contributed by atoms with E-state index in [0.29, 0.717) is 35.8 Å². The van der Waals surface area contributed by atoms with Gasteiger partial charge >= 0.3 is 0 Å². The van der Waals surface area contributed by atoms with Crippen LogP contribution in [-0.2, 0) is 0 Å². The molecule has 0 amide bonds. The van der Waals surface area contributed by atoms with E-state index in [9.17, 15) is 14.9 Å². The van der Waals surface area contributed by atoms with E-state index in [2.05, 4.69) is 0 Å². The molecular formula is C17H12ClNO5. The summed E-state index contributed by atoms with van der Waals surface area (Å²) in [6, 6.07) is 9.28. The zero-order chi connectivity index (χ0) is 17.1. The highest BCUT2D eigenvalue weighted by Crippen LogP contribution is 2.31. The number of nitro benzene ring substituents is 1. The molecule has 3 rings (SSSR count). The van der Waals surface area contributed by atoms with Gasteiger partial charge in [-0.25, -0.2) is 0 Å². The average molecular weight is 346 g/mol. The van der Waals surface area contributed by atoms with Crippen molar-refractivity contribution in [1.82, 2.24) is 0 Å². The molecule has 122 valence electrons. The van der Waals surface area contributed by atoms with Crippen LogP contribution in [0.4, 0.5) is 5.69 Å². The Labute approximate surface area is 142 Å². The van der Waals surface area contributed by atoms with Crippen molar-refractivity contribution >= 4 is 29.1 Å². The third kappa shape index (κ3) is 3.38. The third-order valence-electron chi connectivity index (χ3n) is 3.42. The molecular weight excluding hydrogens is 334 g/mol. The maximum atomic E-state index is 12.2. The van der Waals surface area contributed by atoms with Crippen molar-refractivity contribution in [1.29, 1.82) is 0 Å². The van der Waals surface area contributed by atoms with Crippen LogP contribution in [0, 0.1) is 10.1 Å². The second-order valence-electron chi connectivity index (χ2n) is 5.02. The minimum atomic E-state index is -0.567. The molecule has 6 nitrogen and oxygen atoms in total. The molecule has 0 saturated carbocycles. The molecule has 0 N–H and O–H groups in total. The number of carbonyl (C=O) groups excluding carboxylic acids is 1. The molecule has 7 heteroatoms. The molecule has 2 aromatic carbocycles. The number of rotatable bonds is 4. The summed E-state index contributed by atoms with van der Waals surface area (Å²) in [7, 11) is 0. The van der Waals surface area contributed by atoms with Crippen LogP contribution in [-0.4, -0.2) is 23.9 Å². The van der Waals surface area contributed by atoms with E-state index in [1.807, 2.05) is 0 Å². The van der Waals surface area contributed by atoms with Crippen LogP contribution < -0.4 is 9.47 Å². The summed E-state index contributed by atoms with van der Waals surface area (Å²) < 4.78 is 10.8. The predicted molar refractivity (Wildman–Crippen MR) is 88.9 cm³/mol. The van der Waals surface area contributed by atoms with Gasteiger partial charge in [-0.2, -0.15) is 0 Å². The van der Waals surface area contributed by atoms with E-state index < -0.39 is 4.92 Å². The smallest absolute Gasteiger partial charge is 0.288 e. The Morgan fingerprint density at radius 2 is 1.88 bits per heavy atom. The molecule has 0 atom stereocenters. The number of ketones is 1. The standard InChI is InChI=1S/C17H12ClNO5/c18-13-4-1-11(9-14(13)19(21)22)2-5-15(20)12-3-6-16-17(10-12)24-8-7-23-16/h1-6,9-10H,7-8H2. The van der Waals surface area contributed by atoms with Gasteiger partial charge in [0.1, 0.15) is 18.2 Å². The van der Waals surface area contributed by atoms with E-state index in [-0.39, 0.29) is 16.5 Å². The summed E-state index contributed by atoms with van der Waals surface area (Å²) in [5.41, 5.74) is 0.751. The fourth-order valence-electron chi connectivity index (χ4n) is 2.24. The van der Waals surface area contributed by atoms with Gasteiger partial charge in [0.25, 0.3) is 5.69 Å². The number of fused-ring (bicyclic) bond motifs is 1. The molecule has 0 aromatic heterocycles. The predicted octanol–water partition coefficient (Wildman–Crippen LogP) is 3.92. The number of hydrogen-bond acceptors (Lipinski definition) is 5. The zero-order valence-electron chi connectivity index (χ0n) is 12.4. The lowest BCUT2D eigenvalue weighted by Gasteiger charge is -2.18. The number of halogens is 1. The second kappa shape index (κ2) is 6.72. The normalized spacial score (nSPS) is 13.0. The highest BCUT2D eigenvalue weighted by Gasteiger charge is 2.14. The van der Waals surface area contributed by atoms with Crippen LogP contribution >= 0.6 is 11.6 Å². The quantitative estimate of drug-likeness (QED) is 0.363. The largest absolute Gasteiger partial charge is 0.486 e. The fourth-order valence-corrected chi connectivity index (χ4v) is 2.42. The maximum Gasteiger partial charge on any atom is 0.288 e. The van der Waals surface area contributed by atoms with Crippen LogP contribution in [0.1, 0.15) is 15.9 Å². The lowest BCUT2D eigenvalue weighted by Crippen LogP contribution is -2.15. The van der Waals surface area contributed by atoms with Gasteiger partial charge in [-0.15, -0.1) is 0 Å². The number of nitrogens with zero attached hydrogens (tertiary/aromatic N) is 1. The molecule has 0 radical (unpaired) electrons. The monoisotopic (exact) mass is 345 g/mol. The number of benzene rings is 2. The minimum absolute atomic E-state index is 0.0512. The first kappa shape index (κ1) is 16.0. The SMILES string of the molecule is O=C(C=Cc1ccc(Cl)c([N+](=O)[O-])c1)c1ccc2c(c1)OCCO2. The lowest BCUT2D eigenvalue weighted by atomic mass is 10.1. The Bertz CT molecular complexity index is 847. The average Bonchev–Trinajstić information content (AvgIpc) is 2.60. The van der Waals surface area contributed by atoms with E-state index in [1.165, 1.54) is 24.3 Å². The Morgan fingerprint density at radius 1 is 1.12 bits per heavy atom. The Morgan fingerprint density at radius 3 is 2.62 bits per heavy atom. The van der Waals surface area contributed by atoms with Crippen molar-refractivity contribution in [3.8, 4) is 11.5 Å². The number of nitro groups is 1. The van der Waals surface area contributed by atoms with Gasteiger partial charge in [0.05, 0.1) is 4.92 Å². The number of carbonyl (C=O) groups is 1. The van der Waals surface area contributed by atoms with Gasteiger partial charge in [-0.3, -0.25) is 14.9 Å². The summed E-state index contributed by atoms with van der Waals surface area (Å²) in [4.78, 5) is 22.6. The van der Waals surface area contributed by atoms with E-state index >= 15 is 0 Å². The topological polar surface area (TPSA) is 78.7 Å². The van der Waals surface area contributed by atoms with Crippen LogP contribution in [0.2, 0.25) is 5.02 Å². The molecule has 1 aliphatic rings. The van der Waals surface area contributed by atoms with Gasteiger partial charge in [0.2, 0.25) is 0 Å². The van der Waals surface area contributed by atoms with E-state index in [1.54, 1.807) is 24.3 Å². The first-order chi connectivity index (χ1) is 11.5. The lowest BCUT2D eigenvalue weighted by molar-refractivity contribution is -0.384. The van der Waals surface area contributed by atoms with Gasteiger partial charge in [0.15, 0.2) is 17.3 Å². The molecule has 0 aliphatic carbocycles. The Balaban J connectivity index is 1.80.